The molecule has 5 rings (SSSR count). The molecule has 0 saturated heterocycles. The number of hydrogen-bond acceptors (Lipinski definition) is 7. The molecule has 0 spiro atoms. The van der Waals surface area contributed by atoms with Crippen LogP contribution in [0.15, 0.2) is 73.3 Å². The van der Waals surface area contributed by atoms with Gasteiger partial charge in [-0.2, -0.15) is 0 Å². The van der Waals surface area contributed by atoms with Gasteiger partial charge in [-0.15, -0.1) is 0 Å². The number of amides is 1. The molecule has 3 aromatic rings. The van der Waals surface area contributed by atoms with Gasteiger partial charge in [-0.25, -0.2) is 9.97 Å². The van der Waals surface area contributed by atoms with Crippen molar-refractivity contribution in [3.8, 4) is 23.3 Å². The first-order valence-corrected chi connectivity index (χ1v) is 12.0. The van der Waals surface area contributed by atoms with Gasteiger partial charge in [0.05, 0.1) is 0 Å². The number of aromatic nitrogens is 2. The number of fused-ring (bicyclic) bond motifs is 1. The lowest BCUT2D eigenvalue weighted by atomic mass is 9.90. The Bertz CT molecular complexity index is 1320. The predicted octanol–water partition coefficient (Wildman–Crippen LogP) is 4.73. The molecule has 0 atom stereocenters. The Hall–Kier alpha value is -4.51. The number of nitrogens with two attached hydrogens (primary N) is 1. The molecule has 0 bridgehead atoms. The van der Waals surface area contributed by atoms with Gasteiger partial charge in [0.25, 0.3) is 5.91 Å². The first kappa shape index (κ1) is 23.2. The lowest BCUT2D eigenvalue weighted by Crippen LogP contribution is -2.43. The summed E-state index contributed by atoms with van der Waals surface area (Å²) >= 11 is 0. The average molecular weight is 481 g/mol. The lowest BCUT2D eigenvalue weighted by molar-refractivity contribution is -0.116. The van der Waals surface area contributed by atoms with E-state index in [1.165, 1.54) is 6.33 Å². The maximum Gasteiger partial charge on any atom is 0.296 e. The first-order valence-electron chi connectivity index (χ1n) is 12.0. The summed E-state index contributed by atoms with van der Waals surface area (Å²) in [6.07, 6.45) is 4.96. The van der Waals surface area contributed by atoms with Crippen LogP contribution in [0.2, 0.25) is 0 Å². The van der Waals surface area contributed by atoms with E-state index in [-0.39, 0.29) is 18.0 Å². The Balaban J connectivity index is 1.36. The van der Waals surface area contributed by atoms with Gasteiger partial charge in [-0.05, 0) is 74.9 Å². The topological polar surface area (TPSA) is 96.6 Å². The predicted molar refractivity (Wildman–Crippen MR) is 141 cm³/mol. The van der Waals surface area contributed by atoms with Crippen molar-refractivity contribution in [2.24, 2.45) is 0 Å². The van der Waals surface area contributed by atoms with Crippen molar-refractivity contribution < 1.29 is 9.53 Å². The zero-order chi connectivity index (χ0) is 25.1. The van der Waals surface area contributed by atoms with E-state index >= 15 is 0 Å². The van der Waals surface area contributed by atoms with Crippen LogP contribution < -0.4 is 25.6 Å². The standard InChI is InChI=1S/C28H28N6O2/c1-3-7-25(35)32-20-10-12-22(13-11-20)34-19(2)33(26-27(29)30-18-31-28(26)34)21-14-16-24(17-15-21)36-23-8-5-4-6-9-23/h4-6,8-9,14-18,20,22H,2,10-13H2,1H3,(H,32,35)(H2,29,30,31). The maximum absolute atomic E-state index is 11.9. The van der Waals surface area contributed by atoms with Gasteiger partial charge < -0.3 is 20.7 Å². The number of carbonyl (C=O) groups is 1. The molecule has 2 aromatic carbocycles. The largest absolute Gasteiger partial charge is 0.457 e. The van der Waals surface area contributed by atoms with E-state index in [4.69, 9.17) is 10.5 Å². The number of hydrogen-bond donors (Lipinski definition) is 2. The summed E-state index contributed by atoms with van der Waals surface area (Å²) in [4.78, 5) is 24.9. The van der Waals surface area contributed by atoms with E-state index in [0.717, 1.165) is 60.2 Å². The van der Waals surface area contributed by atoms with Crippen LogP contribution in [0.25, 0.3) is 0 Å². The van der Waals surface area contributed by atoms with Gasteiger partial charge in [0.15, 0.2) is 11.6 Å². The molecule has 182 valence electrons. The summed E-state index contributed by atoms with van der Waals surface area (Å²) in [5.74, 6) is 8.42. The van der Waals surface area contributed by atoms with Crippen molar-refractivity contribution in [2.75, 3.05) is 15.5 Å². The van der Waals surface area contributed by atoms with Crippen LogP contribution in [-0.2, 0) is 4.79 Å². The van der Waals surface area contributed by atoms with Crippen LogP contribution in [0.4, 0.5) is 23.0 Å². The molecule has 2 aliphatic rings. The summed E-state index contributed by atoms with van der Waals surface area (Å²) in [5, 5.41) is 3.01. The van der Waals surface area contributed by atoms with Crippen molar-refractivity contribution in [2.45, 2.75) is 44.7 Å². The van der Waals surface area contributed by atoms with Gasteiger partial charge in [0.2, 0.25) is 0 Å². The minimum Gasteiger partial charge on any atom is -0.457 e. The van der Waals surface area contributed by atoms with Crippen LogP contribution in [0.3, 0.4) is 0 Å². The molecule has 1 aromatic heterocycles. The van der Waals surface area contributed by atoms with Gasteiger partial charge in [0, 0.05) is 17.8 Å². The van der Waals surface area contributed by atoms with Crippen molar-refractivity contribution in [3.05, 3.63) is 73.3 Å². The number of ether oxygens (including phenoxy) is 1. The molecule has 3 N–H and O–H groups in total. The molecule has 1 aliphatic heterocycles. The van der Waals surface area contributed by atoms with Crippen LogP contribution in [0, 0.1) is 11.8 Å². The number of nitrogen functional groups attached to an aromatic ring is 1. The summed E-state index contributed by atoms with van der Waals surface area (Å²) in [5.41, 5.74) is 7.97. The minimum absolute atomic E-state index is 0.119. The second-order valence-electron chi connectivity index (χ2n) is 8.82. The third kappa shape index (κ3) is 4.56. The molecule has 8 nitrogen and oxygen atoms in total. The second-order valence-corrected chi connectivity index (χ2v) is 8.82. The van der Waals surface area contributed by atoms with E-state index in [9.17, 15) is 4.79 Å². The van der Waals surface area contributed by atoms with Gasteiger partial charge in [0.1, 0.15) is 29.3 Å². The van der Waals surface area contributed by atoms with Crippen molar-refractivity contribution >= 4 is 28.9 Å². The Morgan fingerprint density at radius 3 is 2.44 bits per heavy atom. The molecular weight excluding hydrogens is 452 g/mol. The molecular formula is C28H28N6O2. The summed E-state index contributed by atoms with van der Waals surface area (Å²) in [7, 11) is 0. The van der Waals surface area contributed by atoms with Crippen molar-refractivity contribution in [3.63, 3.8) is 0 Å². The smallest absolute Gasteiger partial charge is 0.296 e. The van der Waals surface area contributed by atoms with Crippen molar-refractivity contribution in [1.82, 2.24) is 15.3 Å². The third-order valence-corrected chi connectivity index (χ3v) is 6.53. The number of carbonyl (C=O) groups excluding carboxylic acids is 1. The molecule has 0 unspecified atom stereocenters. The highest BCUT2D eigenvalue weighted by molar-refractivity contribution is 5.94. The quantitative estimate of drug-likeness (QED) is 0.510. The monoisotopic (exact) mass is 480 g/mol. The third-order valence-electron chi connectivity index (χ3n) is 6.53. The molecule has 1 saturated carbocycles. The fourth-order valence-electron chi connectivity index (χ4n) is 4.90. The fourth-order valence-corrected chi connectivity index (χ4v) is 4.90. The van der Waals surface area contributed by atoms with Crippen LogP contribution in [0.5, 0.6) is 11.5 Å². The second kappa shape index (κ2) is 10.0. The summed E-state index contributed by atoms with van der Waals surface area (Å²) < 4.78 is 5.95. The highest BCUT2D eigenvalue weighted by Gasteiger charge is 2.40. The van der Waals surface area contributed by atoms with E-state index in [0.29, 0.717) is 5.82 Å². The summed E-state index contributed by atoms with van der Waals surface area (Å²) in [6.45, 7) is 6.08. The molecule has 1 fully saturated rings. The molecule has 36 heavy (non-hydrogen) atoms. The molecule has 0 radical (unpaired) electrons. The number of benzene rings is 2. The normalized spacial score (nSPS) is 18.8. The van der Waals surface area contributed by atoms with E-state index in [2.05, 4.69) is 38.6 Å². The Morgan fingerprint density at radius 1 is 1.06 bits per heavy atom. The van der Waals surface area contributed by atoms with E-state index in [1.54, 1.807) is 6.92 Å². The Labute approximate surface area is 210 Å². The SMILES string of the molecule is C=C1N(c2ccc(Oc3ccccc3)cc2)c2c(N)ncnc2N1C1CCC(NC(=O)C#CC)CC1. The van der Waals surface area contributed by atoms with Crippen molar-refractivity contribution in [1.29, 1.82) is 0 Å². The lowest BCUT2D eigenvalue weighted by Gasteiger charge is -2.36. The van der Waals surface area contributed by atoms with Gasteiger partial charge in [-0.1, -0.05) is 30.7 Å². The Kier molecular flexibility index (Phi) is 6.46. The minimum atomic E-state index is -0.219. The van der Waals surface area contributed by atoms with E-state index in [1.807, 2.05) is 59.5 Å². The highest BCUT2D eigenvalue weighted by atomic mass is 16.5. The number of nitrogens with zero attached hydrogens (tertiary/aromatic N) is 4. The molecule has 2 heterocycles. The van der Waals surface area contributed by atoms with Crippen LogP contribution in [0.1, 0.15) is 32.6 Å². The Morgan fingerprint density at radius 2 is 1.75 bits per heavy atom. The molecule has 1 aliphatic carbocycles. The number of nitrogens with one attached hydrogen (secondary N) is 1. The molecule has 1 amide bonds. The average Bonchev–Trinajstić information content (AvgIpc) is 3.19. The fraction of sp³-hybridized carbons (Fsp3) is 0.250. The summed E-state index contributed by atoms with van der Waals surface area (Å²) in [6, 6.07) is 17.8. The first-order chi connectivity index (χ1) is 17.5. The van der Waals surface area contributed by atoms with Gasteiger partial charge in [-0.3, -0.25) is 9.69 Å². The zero-order valence-corrected chi connectivity index (χ0v) is 20.1. The maximum atomic E-state index is 11.9. The van der Waals surface area contributed by atoms with Gasteiger partial charge >= 0.3 is 0 Å². The number of para-hydroxylation sites is 1. The number of anilines is 4. The number of rotatable bonds is 5. The van der Waals surface area contributed by atoms with Crippen LogP contribution >= 0.6 is 0 Å². The highest BCUT2D eigenvalue weighted by Crippen LogP contribution is 2.49. The zero-order valence-electron chi connectivity index (χ0n) is 20.1. The van der Waals surface area contributed by atoms with E-state index < -0.39 is 0 Å². The molecule has 8 heteroatoms. The van der Waals surface area contributed by atoms with Crippen LogP contribution in [-0.4, -0.2) is 28.0 Å².